The molecule has 24 heavy (non-hydrogen) atoms. The van der Waals surface area contributed by atoms with Crippen molar-refractivity contribution in [2.75, 3.05) is 19.1 Å². The van der Waals surface area contributed by atoms with E-state index in [1.165, 1.54) is 11.3 Å². The third-order valence-electron chi connectivity index (χ3n) is 4.26. The second-order valence-corrected chi connectivity index (χ2v) is 5.86. The molecule has 124 valence electrons. The van der Waals surface area contributed by atoms with E-state index in [4.69, 9.17) is 9.47 Å². The minimum absolute atomic E-state index is 0.863. The lowest BCUT2D eigenvalue weighted by Crippen LogP contribution is -2.18. The van der Waals surface area contributed by atoms with Crippen LogP contribution >= 0.6 is 0 Å². The monoisotopic (exact) mass is 321 g/mol. The van der Waals surface area contributed by atoms with Gasteiger partial charge in [-0.1, -0.05) is 17.7 Å². The van der Waals surface area contributed by atoms with Gasteiger partial charge in [-0.3, -0.25) is 0 Å². The number of allylic oxidation sites excluding steroid dienone is 4. The third-order valence-corrected chi connectivity index (χ3v) is 4.26. The van der Waals surface area contributed by atoms with Gasteiger partial charge >= 0.3 is 0 Å². The number of hydrogen-bond donors (Lipinski definition) is 0. The molecule has 0 aliphatic heterocycles. The second kappa shape index (κ2) is 7.26. The summed E-state index contributed by atoms with van der Waals surface area (Å²) in [4.78, 5) is 2.29. The number of rotatable bonds is 5. The van der Waals surface area contributed by atoms with E-state index < -0.39 is 0 Å². The van der Waals surface area contributed by atoms with E-state index in [1.807, 2.05) is 12.1 Å². The molecular formula is C21H23NO2. The quantitative estimate of drug-likeness (QED) is 0.741. The van der Waals surface area contributed by atoms with Crippen molar-refractivity contribution >= 4 is 11.4 Å². The molecule has 2 aromatic carbocycles. The molecule has 1 aliphatic carbocycles. The summed E-state index contributed by atoms with van der Waals surface area (Å²) in [5.74, 6) is 1.89. The maximum atomic E-state index is 5.36. The summed E-state index contributed by atoms with van der Waals surface area (Å²) in [6.45, 7) is 2.11. The lowest BCUT2D eigenvalue weighted by atomic mass is 10.1. The molecule has 0 fully saturated rings. The summed E-state index contributed by atoms with van der Waals surface area (Å²) in [6, 6.07) is 16.8. The Morgan fingerprint density at radius 1 is 0.750 bits per heavy atom. The van der Waals surface area contributed by atoms with Crippen LogP contribution in [-0.2, 0) is 4.74 Å². The Morgan fingerprint density at radius 3 is 1.88 bits per heavy atom. The lowest BCUT2D eigenvalue weighted by Gasteiger charge is -2.29. The van der Waals surface area contributed by atoms with Gasteiger partial charge in [-0.25, -0.2) is 0 Å². The summed E-state index contributed by atoms with van der Waals surface area (Å²) in [5, 5.41) is 0. The lowest BCUT2D eigenvalue weighted by molar-refractivity contribution is 0.275. The van der Waals surface area contributed by atoms with Gasteiger partial charge in [0.1, 0.15) is 5.75 Å². The van der Waals surface area contributed by atoms with Crippen LogP contribution in [0.25, 0.3) is 0 Å². The van der Waals surface area contributed by atoms with Crippen molar-refractivity contribution in [2.24, 2.45) is 0 Å². The molecular weight excluding hydrogens is 298 g/mol. The summed E-state index contributed by atoms with van der Waals surface area (Å²) < 4.78 is 10.6. The molecule has 0 saturated heterocycles. The largest absolute Gasteiger partial charge is 0.501 e. The van der Waals surface area contributed by atoms with E-state index in [0.29, 0.717) is 0 Å². The van der Waals surface area contributed by atoms with Crippen LogP contribution in [0.5, 0.6) is 5.75 Å². The fourth-order valence-corrected chi connectivity index (χ4v) is 2.87. The number of ether oxygens (including phenoxy) is 2. The maximum Gasteiger partial charge on any atom is 0.119 e. The molecule has 1 aliphatic rings. The van der Waals surface area contributed by atoms with Crippen molar-refractivity contribution in [1.82, 2.24) is 0 Å². The Balaban J connectivity index is 2.02. The maximum absolute atomic E-state index is 5.36. The summed E-state index contributed by atoms with van der Waals surface area (Å²) in [5.41, 5.74) is 4.80. The number of aryl methyl sites for hydroxylation is 1. The first kappa shape index (κ1) is 16.2. The highest BCUT2D eigenvalue weighted by Crippen LogP contribution is 2.35. The number of anilines is 2. The molecule has 0 heterocycles. The van der Waals surface area contributed by atoms with E-state index >= 15 is 0 Å². The first-order valence-electron chi connectivity index (χ1n) is 8.16. The Morgan fingerprint density at radius 2 is 1.38 bits per heavy atom. The predicted octanol–water partition coefficient (Wildman–Crippen LogP) is 5.35. The Labute approximate surface area is 143 Å². The van der Waals surface area contributed by atoms with Crippen LogP contribution in [0.3, 0.4) is 0 Å². The van der Waals surface area contributed by atoms with Crippen LogP contribution in [0.2, 0.25) is 0 Å². The van der Waals surface area contributed by atoms with Crippen molar-refractivity contribution in [3.63, 3.8) is 0 Å². The Bertz CT molecular complexity index is 742. The van der Waals surface area contributed by atoms with E-state index in [2.05, 4.69) is 60.4 Å². The van der Waals surface area contributed by atoms with Crippen LogP contribution in [-0.4, -0.2) is 14.2 Å². The highest BCUT2D eigenvalue weighted by atomic mass is 16.5. The van der Waals surface area contributed by atoms with Gasteiger partial charge < -0.3 is 14.4 Å². The van der Waals surface area contributed by atoms with Gasteiger partial charge in [0.05, 0.1) is 20.0 Å². The van der Waals surface area contributed by atoms with Crippen LogP contribution < -0.4 is 9.64 Å². The molecule has 0 N–H and O–H groups in total. The Hall–Kier alpha value is -2.68. The van der Waals surface area contributed by atoms with Crippen LogP contribution in [0, 0.1) is 6.92 Å². The zero-order chi connectivity index (χ0) is 16.9. The van der Waals surface area contributed by atoms with Crippen molar-refractivity contribution < 1.29 is 9.47 Å². The van der Waals surface area contributed by atoms with Gasteiger partial charge in [0.15, 0.2) is 0 Å². The van der Waals surface area contributed by atoms with Gasteiger partial charge in [-0.2, -0.15) is 0 Å². The predicted molar refractivity (Wildman–Crippen MR) is 98.7 cm³/mol. The first-order chi connectivity index (χ1) is 11.7. The summed E-state index contributed by atoms with van der Waals surface area (Å²) in [7, 11) is 3.42. The molecule has 0 amide bonds. The van der Waals surface area contributed by atoms with Crippen molar-refractivity contribution in [3.8, 4) is 5.75 Å². The van der Waals surface area contributed by atoms with Crippen molar-refractivity contribution in [2.45, 2.75) is 19.8 Å². The van der Waals surface area contributed by atoms with Gasteiger partial charge in [-0.15, -0.1) is 0 Å². The molecule has 0 bridgehead atoms. The minimum atomic E-state index is 0.863. The molecule has 2 aromatic rings. The average molecular weight is 321 g/mol. The topological polar surface area (TPSA) is 21.7 Å². The van der Waals surface area contributed by atoms with Crippen molar-refractivity contribution in [1.29, 1.82) is 0 Å². The normalized spacial score (nSPS) is 13.8. The third kappa shape index (κ3) is 3.46. The first-order valence-corrected chi connectivity index (χ1v) is 8.16. The van der Waals surface area contributed by atoms with Crippen LogP contribution in [0.4, 0.5) is 11.4 Å². The summed E-state index contributed by atoms with van der Waals surface area (Å²) in [6.07, 6.45) is 6.07. The standard InChI is InChI=1S/C21H23NO2/c1-16-4-6-17(7-5-16)22(18-8-12-20(23-2)13-9-18)19-10-14-21(24-3)15-11-19/h4-10,12-14H,11,15H2,1-3H3. The van der Waals surface area contributed by atoms with Crippen molar-refractivity contribution in [3.05, 3.63) is 77.7 Å². The zero-order valence-electron chi connectivity index (χ0n) is 14.5. The van der Waals surface area contributed by atoms with Gasteiger partial charge in [0.25, 0.3) is 0 Å². The van der Waals surface area contributed by atoms with E-state index in [1.54, 1.807) is 14.2 Å². The van der Waals surface area contributed by atoms with Gasteiger partial charge in [0.2, 0.25) is 0 Å². The molecule has 0 saturated carbocycles. The molecule has 0 spiro atoms. The van der Waals surface area contributed by atoms with Crippen LogP contribution in [0.15, 0.2) is 72.1 Å². The Kier molecular flexibility index (Phi) is 4.90. The van der Waals surface area contributed by atoms with Crippen LogP contribution in [0.1, 0.15) is 18.4 Å². The molecule has 0 unspecified atom stereocenters. The highest BCUT2D eigenvalue weighted by molar-refractivity contribution is 5.69. The number of benzene rings is 2. The van der Waals surface area contributed by atoms with Gasteiger partial charge in [0, 0.05) is 23.5 Å². The SMILES string of the molecule is COC1=CC=C(N(c2ccc(C)cc2)c2ccc(OC)cc2)CC1. The molecule has 3 nitrogen and oxygen atoms in total. The van der Waals surface area contributed by atoms with E-state index in [9.17, 15) is 0 Å². The number of nitrogens with zero attached hydrogens (tertiary/aromatic N) is 1. The minimum Gasteiger partial charge on any atom is -0.501 e. The van der Waals surface area contributed by atoms with E-state index in [-0.39, 0.29) is 0 Å². The number of hydrogen-bond acceptors (Lipinski definition) is 3. The highest BCUT2D eigenvalue weighted by Gasteiger charge is 2.17. The second-order valence-electron chi connectivity index (χ2n) is 5.86. The molecule has 0 radical (unpaired) electrons. The number of methoxy groups -OCH3 is 2. The average Bonchev–Trinajstić information content (AvgIpc) is 2.64. The molecule has 3 heteroatoms. The fourth-order valence-electron chi connectivity index (χ4n) is 2.87. The molecule has 3 rings (SSSR count). The van der Waals surface area contributed by atoms with Gasteiger partial charge in [-0.05, 0) is 61.9 Å². The summed E-state index contributed by atoms with van der Waals surface area (Å²) >= 11 is 0. The molecule has 0 atom stereocenters. The zero-order valence-corrected chi connectivity index (χ0v) is 14.5. The molecule has 0 aromatic heterocycles. The smallest absolute Gasteiger partial charge is 0.119 e. The fraction of sp³-hybridized carbons (Fsp3) is 0.238. The van der Waals surface area contributed by atoms with E-state index in [0.717, 1.165) is 35.7 Å².